The summed E-state index contributed by atoms with van der Waals surface area (Å²) in [7, 11) is 0. The SMILES string of the molecule is O=C(c1ccc2c(c1)CCCO2)N1CC[C@@]23O[C@H](c4ccccc4)CN2C(=O)C[C@@H]13. The van der Waals surface area contributed by atoms with Crippen LogP contribution in [-0.4, -0.2) is 53.1 Å². The first-order chi connectivity index (χ1) is 14.7. The minimum atomic E-state index is -0.690. The molecule has 3 atom stereocenters. The maximum Gasteiger partial charge on any atom is 0.254 e. The molecule has 3 fully saturated rings. The third-order valence-corrected chi connectivity index (χ3v) is 7.02. The Morgan fingerprint density at radius 3 is 2.87 bits per heavy atom. The van der Waals surface area contributed by atoms with Gasteiger partial charge in [0, 0.05) is 18.5 Å². The molecule has 0 unspecified atom stereocenters. The quantitative estimate of drug-likeness (QED) is 0.772. The molecule has 4 aliphatic rings. The van der Waals surface area contributed by atoms with E-state index in [1.165, 1.54) is 0 Å². The highest BCUT2D eigenvalue weighted by atomic mass is 16.5. The number of likely N-dealkylation sites (tertiary alicyclic amines) is 1. The molecule has 0 radical (unpaired) electrons. The van der Waals surface area contributed by atoms with E-state index >= 15 is 0 Å². The van der Waals surface area contributed by atoms with Crippen LogP contribution in [0.25, 0.3) is 0 Å². The molecule has 0 N–H and O–H groups in total. The Hall–Kier alpha value is -2.86. The largest absolute Gasteiger partial charge is 0.493 e. The van der Waals surface area contributed by atoms with Crippen LogP contribution in [0.2, 0.25) is 0 Å². The fourth-order valence-electron chi connectivity index (χ4n) is 5.57. The fraction of sp³-hybridized carbons (Fsp3) is 0.417. The van der Waals surface area contributed by atoms with Crippen molar-refractivity contribution in [2.45, 2.75) is 43.6 Å². The third-order valence-electron chi connectivity index (χ3n) is 7.02. The second-order valence-electron chi connectivity index (χ2n) is 8.61. The predicted octanol–water partition coefficient (Wildman–Crippen LogP) is 2.93. The molecule has 6 heteroatoms. The van der Waals surface area contributed by atoms with Gasteiger partial charge in [0.15, 0.2) is 5.72 Å². The first kappa shape index (κ1) is 18.0. The number of amides is 2. The van der Waals surface area contributed by atoms with Crippen LogP contribution in [0.5, 0.6) is 5.75 Å². The average molecular weight is 404 g/mol. The van der Waals surface area contributed by atoms with Gasteiger partial charge in [-0.3, -0.25) is 9.59 Å². The van der Waals surface area contributed by atoms with Crippen LogP contribution in [0.1, 0.15) is 46.9 Å². The maximum absolute atomic E-state index is 13.4. The lowest BCUT2D eigenvalue weighted by molar-refractivity contribution is -0.138. The van der Waals surface area contributed by atoms with Gasteiger partial charge in [-0.05, 0) is 42.2 Å². The lowest BCUT2D eigenvalue weighted by Crippen LogP contribution is -2.48. The lowest BCUT2D eigenvalue weighted by Gasteiger charge is -2.32. The monoisotopic (exact) mass is 404 g/mol. The number of fused-ring (bicyclic) bond motifs is 1. The molecule has 2 aromatic rings. The second-order valence-corrected chi connectivity index (χ2v) is 8.61. The summed E-state index contributed by atoms with van der Waals surface area (Å²) in [5, 5.41) is 0. The van der Waals surface area contributed by atoms with Gasteiger partial charge in [0.05, 0.1) is 25.6 Å². The first-order valence-electron chi connectivity index (χ1n) is 10.8. The van der Waals surface area contributed by atoms with E-state index in [9.17, 15) is 9.59 Å². The zero-order valence-corrected chi connectivity index (χ0v) is 16.8. The number of nitrogens with zero attached hydrogens (tertiary/aromatic N) is 2. The minimum absolute atomic E-state index is 0.0216. The van der Waals surface area contributed by atoms with Gasteiger partial charge in [-0.15, -0.1) is 0 Å². The molecule has 6 rings (SSSR count). The zero-order valence-electron chi connectivity index (χ0n) is 16.8. The molecular formula is C24H24N2O4. The summed E-state index contributed by atoms with van der Waals surface area (Å²) in [6, 6.07) is 15.5. The Bertz CT molecular complexity index is 1020. The van der Waals surface area contributed by atoms with E-state index in [1.54, 1.807) is 0 Å². The standard InChI is InChI=1S/C24H24N2O4/c27-22-14-21-24(26(22)15-20(30-24)16-5-2-1-3-6-16)10-11-25(21)23(28)18-8-9-19-17(13-18)7-4-12-29-19/h1-3,5-6,8-9,13,20-21H,4,7,10-12,14-15H2/t20-,21+,24-/m0/s1. The highest BCUT2D eigenvalue weighted by molar-refractivity contribution is 5.96. The number of hydrogen-bond acceptors (Lipinski definition) is 4. The first-order valence-corrected chi connectivity index (χ1v) is 10.8. The van der Waals surface area contributed by atoms with E-state index in [0.29, 0.717) is 31.5 Å². The molecule has 2 amide bonds. The van der Waals surface area contributed by atoms with Gasteiger partial charge in [0.1, 0.15) is 11.9 Å². The number of carbonyl (C=O) groups excluding carboxylic acids is 2. The van der Waals surface area contributed by atoms with E-state index in [2.05, 4.69) is 0 Å². The van der Waals surface area contributed by atoms with Crippen molar-refractivity contribution < 1.29 is 19.1 Å². The molecule has 6 nitrogen and oxygen atoms in total. The number of ether oxygens (including phenoxy) is 2. The molecule has 0 aliphatic carbocycles. The molecule has 154 valence electrons. The summed E-state index contributed by atoms with van der Waals surface area (Å²) >= 11 is 0. The highest BCUT2D eigenvalue weighted by Gasteiger charge is 2.65. The summed E-state index contributed by atoms with van der Waals surface area (Å²) in [4.78, 5) is 30.0. The van der Waals surface area contributed by atoms with Gasteiger partial charge in [-0.2, -0.15) is 0 Å². The summed E-state index contributed by atoms with van der Waals surface area (Å²) < 4.78 is 12.2. The van der Waals surface area contributed by atoms with E-state index in [0.717, 1.165) is 36.3 Å². The molecule has 4 aliphatic heterocycles. The van der Waals surface area contributed by atoms with Crippen molar-refractivity contribution in [2.24, 2.45) is 0 Å². The van der Waals surface area contributed by atoms with Crippen molar-refractivity contribution in [2.75, 3.05) is 19.7 Å². The van der Waals surface area contributed by atoms with Crippen molar-refractivity contribution >= 4 is 11.8 Å². The van der Waals surface area contributed by atoms with Crippen molar-refractivity contribution in [1.29, 1.82) is 0 Å². The van der Waals surface area contributed by atoms with Crippen molar-refractivity contribution in [3.63, 3.8) is 0 Å². The second kappa shape index (κ2) is 6.57. The Balaban J connectivity index is 1.28. The van der Waals surface area contributed by atoms with Crippen LogP contribution in [0.4, 0.5) is 0 Å². The highest BCUT2D eigenvalue weighted by Crippen LogP contribution is 2.50. The van der Waals surface area contributed by atoms with Gasteiger partial charge in [-0.25, -0.2) is 0 Å². The number of hydrogen-bond donors (Lipinski definition) is 0. The lowest BCUT2D eigenvalue weighted by atomic mass is 10.0. The number of rotatable bonds is 2. The average Bonchev–Trinajstić information content (AvgIpc) is 3.42. The third kappa shape index (κ3) is 2.53. The van der Waals surface area contributed by atoms with Crippen LogP contribution < -0.4 is 4.74 Å². The Labute approximate surface area is 175 Å². The van der Waals surface area contributed by atoms with Gasteiger partial charge >= 0.3 is 0 Å². The van der Waals surface area contributed by atoms with Crippen molar-refractivity contribution in [3.8, 4) is 5.75 Å². The molecule has 3 saturated heterocycles. The maximum atomic E-state index is 13.4. The molecular weight excluding hydrogens is 380 g/mol. The van der Waals surface area contributed by atoms with Gasteiger partial charge in [0.25, 0.3) is 5.91 Å². The molecule has 0 bridgehead atoms. The topological polar surface area (TPSA) is 59.1 Å². The summed E-state index contributed by atoms with van der Waals surface area (Å²) in [6.07, 6.45) is 2.75. The Morgan fingerprint density at radius 1 is 1.13 bits per heavy atom. The molecule has 30 heavy (non-hydrogen) atoms. The van der Waals surface area contributed by atoms with Crippen LogP contribution in [-0.2, 0) is 16.0 Å². The number of benzene rings is 2. The molecule has 2 aromatic carbocycles. The van der Waals surface area contributed by atoms with E-state index in [4.69, 9.17) is 9.47 Å². The Morgan fingerprint density at radius 2 is 2.00 bits per heavy atom. The van der Waals surface area contributed by atoms with Crippen LogP contribution in [0.3, 0.4) is 0 Å². The van der Waals surface area contributed by atoms with Crippen molar-refractivity contribution in [3.05, 3.63) is 65.2 Å². The molecule has 1 spiro atoms. The van der Waals surface area contributed by atoms with Crippen molar-refractivity contribution in [1.82, 2.24) is 9.80 Å². The fourth-order valence-corrected chi connectivity index (χ4v) is 5.57. The number of carbonyl (C=O) groups is 2. The minimum Gasteiger partial charge on any atom is -0.493 e. The summed E-state index contributed by atoms with van der Waals surface area (Å²) in [6.45, 7) is 1.88. The van der Waals surface area contributed by atoms with Gasteiger partial charge in [-0.1, -0.05) is 30.3 Å². The normalized spacial score (nSPS) is 29.4. The summed E-state index contributed by atoms with van der Waals surface area (Å²) in [5.74, 6) is 0.934. The zero-order chi connectivity index (χ0) is 20.3. The molecule has 0 saturated carbocycles. The van der Waals surface area contributed by atoms with Crippen LogP contribution in [0.15, 0.2) is 48.5 Å². The van der Waals surface area contributed by atoms with Crippen LogP contribution in [0, 0.1) is 0 Å². The van der Waals surface area contributed by atoms with Gasteiger partial charge < -0.3 is 19.3 Å². The van der Waals surface area contributed by atoms with Crippen LogP contribution >= 0.6 is 0 Å². The van der Waals surface area contributed by atoms with E-state index in [-0.39, 0.29) is 24.0 Å². The number of aryl methyl sites for hydroxylation is 1. The van der Waals surface area contributed by atoms with E-state index < -0.39 is 5.72 Å². The molecule has 0 aromatic heterocycles. The summed E-state index contributed by atoms with van der Waals surface area (Å²) in [5.41, 5.74) is 2.14. The predicted molar refractivity (Wildman–Crippen MR) is 109 cm³/mol. The van der Waals surface area contributed by atoms with E-state index in [1.807, 2.05) is 58.3 Å². The Kier molecular flexibility index (Phi) is 3.93. The van der Waals surface area contributed by atoms with Gasteiger partial charge in [0.2, 0.25) is 5.91 Å². The smallest absolute Gasteiger partial charge is 0.254 e. The molecule has 4 heterocycles.